The number of anilines is 2. The van der Waals surface area contributed by atoms with Gasteiger partial charge in [-0.2, -0.15) is 0 Å². The molecule has 3 N–H and O–H groups in total. The Bertz CT molecular complexity index is 1240. The standard InChI is InChI=1S/C22H22FN5O3S/c1-11-9-12(2)18(24-14(4)29)15(10-11)19-21(31)26-22(28-27-19)32-13(3)20(30)25-17-8-6-5-7-16(17)23/h5-10,13H,1-4H3,(H,24,29)(H,25,30)(H,26,28,31). The second-order valence-corrected chi connectivity index (χ2v) is 8.55. The van der Waals surface area contributed by atoms with Crippen LogP contribution < -0.4 is 16.2 Å². The zero-order chi connectivity index (χ0) is 23.4. The van der Waals surface area contributed by atoms with Gasteiger partial charge in [0.1, 0.15) is 5.82 Å². The number of nitrogens with zero attached hydrogens (tertiary/aromatic N) is 2. The van der Waals surface area contributed by atoms with E-state index in [4.69, 9.17) is 0 Å². The summed E-state index contributed by atoms with van der Waals surface area (Å²) < 4.78 is 13.7. The van der Waals surface area contributed by atoms with Crippen molar-refractivity contribution in [2.24, 2.45) is 0 Å². The van der Waals surface area contributed by atoms with Crippen LogP contribution in [0.15, 0.2) is 46.3 Å². The maximum absolute atomic E-state index is 13.7. The van der Waals surface area contributed by atoms with Crippen LogP contribution >= 0.6 is 11.8 Å². The van der Waals surface area contributed by atoms with E-state index < -0.39 is 22.5 Å². The maximum Gasteiger partial charge on any atom is 0.278 e. The lowest BCUT2D eigenvalue weighted by Crippen LogP contribution is -2.24. The van der Waals surface area contributed by atoms with E-state index in [0.29, 0.717) is 11.3 Å². The second-order valence-electron chi connectivity index (χ2n) is 7.22. The quantitative estimate of drug-likeness (QED) is 0.489. The molecule has 2 aromatic carbocycles. The van der Waals surface area contributed by atoms with Gasteiger partial charge in [-0.25, -0.2) is 4.39 Å². The molecule has 2 amide bonds. The highest BCUT2D eigenvalue weighted by molar-refractivity contribution is 8.00. The monoisotopic (exact) mass is 455 g/mol. The predicted octanol–water partition coefficient (Wildman–Crippen LogP) is 3.67. The fraction of sp³-hybridized carbons (Fsp3) is 0.227. The van der Waals surface area contributed by atoms with Crippen LogP contribution in [0, 0.1) is 19.7 Å². The Morgan fingerprint density at radius 3 is 2.50 bits per heavy atom. The maximum atomic E-state index is 13.7. The molecule has 1 unspecified atom stereocenters. The first-order valence-electron chi connectivity index (χ1n) is 9.74. The molecule has 8 nitrogen and oxygen atoms in total. The van der Waals surface area contributed by atoms with E-state index in [-0.39, 0.29) is 22.4 Å². The van der Waals surface area contributed by atoms with Crippen molar-refractivity contribution in [2.45, 2.75) is 38.1 Å². The molecule has 0 aliphatic carbocycles. The van der Waals surface area contributed by atoms with Gasteiger partial charge in [0.05, 0.1) is 16.6 Å². The third kappa shape index (κ3) is 5.38. The van der Waals surface area contributed by atoms with Crippen LogP contribution in [0.3, 0.4) is 0 Å². The van der Waals surface area contributed by atoms with Gasteiger partial charge in [-0.1, -0.05) is 35.5 Å². The minimum absolute atomic E-state index is 0.0494. The predicted molar refractivity (Wildman–Crippen MR) is 122 cm³/mol. The molecule has 0 aliphatic heterocycles. The van der Waals surface area contributed by atoms with E-state index in [1.165, 1.54) is 25.1 Å². The Balaban J connectivity index is 1.83. The van der Waals surface area contributed by atoms with Crippen LogP contribution in [0.4, 0.5) is 15.8 Å². The van der Waals surface area contributed by atoms with Crippen molar-refractivity contribution in [1.82, 2.24) is 15.2 Å². The average molecular weight is 456 g/mol. The van der Waals surface area contributed by atoms with Crippen LogP contribution in [0.25, 0.3) is 11.3 Å². The van der Waals surface area contributed by atoms with Crippen LogP contribution in [0.2, 0.25) is 0 Å². The van der Waals surface area contributed by atoms with Gasteiger partial charge in [-0.15, -0.1) is 10.2 Å². The smallest absolute Gasteiger partial charge is 0.278 e. The highest BCUT2D eigenvalue weighted by Crippen LogP contribution is 2.30. The van der Waals surface area contributed by atoms with Gasteiger partial charge >= 0.3 is 0 Å². The summed E-state index contributed by atoms with van der Waals surface area (Å²) in [4.78, 5) is 39.4. The lowest BCUT2D eigenvalue weighted by molar-refractivity contribution is -0.115. The molecule has 1 atom stereocenters. The third-order valence-electron chi connectivity index (χ3n) is 4.50. The molecule has 0 bridgehead atoms. The van der Waals surface area contributed by atoms with E-state index in [0.717, 1.165) is 22.9 Å². The molecule has 10 heteroatoms. The number of aromatic nitrogens is 3. The molecule has 3 aromatic rings. The number of halogens is 1. The van der Waals surface area contributed by atoms with Gasteiger partial charge in [0.25, 0.3) is 5.56 Å². The fourth-order valence-corrected chi connectivity index (χ4v) is 3.81. The highest BCUT2D eigenvalue weighted by atomic mass is 32.2. The lowest BCUT2D eigenvalue weighted by Gasteiger charge is -2.14. The van der Waals surface area contributed by atoms with Gasteiger partial charge in [0, 0.05) is 12.5 Å². The second kappa shape index (κ2) is 9.73. The molecule has 0 spiro atoms. The fourth-order valence-electron chi connectivity index (χ4n) is 3.07. The first kappa shape index (κ1) is 23.1. The van der Waals surface area contributed by atoms with E-state index in [2.05, 4.69) is 25.8 Å². The number of amides is 2. The molecule has 166 valence electrons. The summed E-state index contributed by atoms with van der Waals surface area (Å²) >= 11 is 0.983. The molecular formula is C22H22FN5O3S. The topological polar surface area (TPSA) is 117 Å². The number of carbonyl (C=O) groups excluding carboxylic acids is 2. The van der Waals surface area contributed by atoms with E-state index in [9.17, 15) is 18.8 Å². The van der Waals surface area contributed by atoms with Crippen LogP contribution in [-0.4, -0.2) is 32.2 Å². The summed E-state index contributed by atoms with van der Waals surface area (Å²) in [5.74, 6) is -1.27. The van der Waals surface area contributed by atoms with Gasteiger partial charge in [0.2, 0.25) is 11.8 Å². The van der Waals surface area contributed by atoms with Gasteiger partial charge in [-0.05, 0) is 44.5 Å². The van der Waals surface area contributed by atoms with Gasteiger partial charge in [0.15, 0.2) is 10.9 Å². The van der Waals surface area contributed by atoms with Crippen molar-refractivity contribution in [2.75, 3.05) is 10.6 Å². The first-order valence-corrected chi connectivity index (χ1v) is 10.6. The Kier molecular flexibility index (Phi) is 7.04. The molecule has 3 rings (SSSR count). The van der Waals surface area contributed by atoms with Crippen molar-refractivity contribution in [3.63, 3.8) is 0 Å². The van der Waals surface area contributed by atoms with Crippen molar-refractivity contribution in [3.8, 4) is 11.3 Å². The zero-order valence-electron chi connectivity index (χ0n) is 17.9. The number of nitrogens with one attached hydrogen (secondary N) is 3. The summed E-state index contributed by atoms with van der Waals surface area (Å²) in [6.45, 7) is 6.68. The minimum Gasteiger partial charge on any atom is -0.325 e. The Labute approximate surface area is 188 Å². The molecule has 0 saturated carbocycles. The lowest BCUT2D eigenvalue weighted by atomic mass is 10.0. The average Bonchev–Trinajstić information content (AvgIpc) is 2.71. The van der Waals surface area contributed by atoms with Crippen molar-refractivity contribution < 1.29 is 14.0 Å². The number of para-hydroxylation sites is 1. The minimum atomic E-state index is -0.679. The first-order chi connectivity index (χ1) is 15.2. The SMILES string of the molecule is CC(=O)Nc1c(C)cc(C)cc1-c1nnc(SC(C)C(=O)Nc2ccccc2F)[nH]c1=O. The molecular weight excluding hydrogens is 433 g/mol. The summed E-state index contributed by atoms with van der Waals surface area (Å²) in [5.41, 5.74) is 2.22. The molecule has 0 saturated heterocycles. The highest BCUT2D eigenvalue weighted by Gasteiger charge is 2.20. The number of aromatic amines is 1. The van der Waals surface area contributed by atoms with E-state index in [1.807, 2.05) is 19.9 Å². The van der Waals surface area contributed by atoms with Crippen molar-refractivity contribution in [1.29, 1.82) is 0 Å². The summed E-state index contributed by atoms with van der Waals surface area (Å²) in [6, 6.07) is 9.47. The van der Waals surface area contributed by atoms with Crippen LogP contribution in [-0.2, 0) is 9.59 Å². The number of aryl methyl sites for hydroxylation is 2. The number of thioether (sulfide) groups is 1. The molecule has 32 heavy (non-hydrogen) atoms. The summed E-state index contributed by atoms with van der Waals surface area (Å²) in [5, 5.41) is 12.8. The molecule has 1 heterocycles. The number of benzene rings is 2. The molecule has 0 aliphatic rings. The number of hydrogen-bond acceptors (Lipinski definition) is 6. The molecule has 1 aromatic heterocycles. The summed E-state index contributed by atoms with van der Waals surface area (Å²) in [7, 11) is 0. The van der Waals surface area contributed by atoms with Gasteiger partial charge in [-0.3, -0.25) is 19.4 Å². The van der Waals surface area contributed by atoms with Crippen molar-refractivity contribution >= 4 is 35.0 Å². The molecule has 0 fully saturated rings. The van der Waals surface area contributed by atoms with Crippen molar-refractivity contribution in [3.05, 3.63) is 63.7 Å². The normalized spacial score (nSPS) is 11.7. The van der Waals surface area contributed by atoms with Crippen LogP contribution in [0.5, 0.6) is 0 Å². The molecule has 0 radical (unpaired) electrons. The number of rotatable bonds is 6. The number of hydrogen-bond donors (Lipinski definition) is 3. The number of carbonyl (C=O) groups is 2. The van der Waals surface area contributed by atoms with Gasteiger partial charge < -0.3 is 10.6 Å². The summed E-state index contributed by atoms with van der Waals surface area (Å²) in [6.07, 6.45) is 0. The third-order valence-corrected chi connectivity index (χ3v) is 5.48. The largest absolute Gasteiger partial charge is 0.325 e. The Morgan fingerprint density at radius 2 is 1.84 bits per heavy atom. The Hall–Kier alpha value is -3.53. The zero-order valence-corrected chi connectivity index (χ0v) is 18.8. The number of H-pyrrole nitrogens is 1. The Morgan fingerprint density at radius 1 is 1.12 bits per heavy atom. The van der Waals surface area contributed by atoms with E-state index in [1.54, 1.807) is 19.1 Å². The van der Waals surface area contributed by atoms with E-state index >= 15 is 0 Å². The van der Waals surface area contributed by atoms with Crippen LogP contribution in [0.1, 0.15) is 25.0 Å².